The Morgan fingerprint density at radius 1 is 1.32 bits per heavy atom. The number of aromatic nitrogens is 3. The van der Waals surface area contributed by atoms with Crippen LogP contribution in [0.15, 0.2) is 45.1 Å². The maximum Gasteiger partial charge on any atom is 0.263 e. The molecule has 3 aromatic rings. The standard InChI is InChI=1S/C12H7N5OS/c13-6-7-3-4-15-17-11(7)19-12-16-9-5-8(14)1-2-10(9)18-12/h1-5H,14H2. The third-order valence-corrected chi connectivity index (χ3v) is 3.23. The Labute approximate surface area is 112 Å². The SMILES string of the molecule is N#Cc1ccnnc1Sc1nc2cc(N)ccc2o1. The maximum atomic E-state index is 8.97. The fraction of sp³-hybridized carbons (Fsp3) is 0. The average molecular weight is 269 g/mol. The van der Waals surface area contributed by atoms with E-state index in [0.717, 1.165) is 11.8 Å². The Kier molecular flexibility index (Phi) is 2.78. The zero-order valence-electron chi connectivity index (χ0n) is 9.57. The topological polar surface area (TPSA) is 102 Å². The molecule has 19 heavy (non-hydrogen) atoms. The molecule has 0 spiro atoms. The minimum absolute atomic E-state index is 0.401. The van der Waals surface area contributed by atoms with Gasteiger partial charge in [0.05, 0.1) is 11.8 Å². The van der Waals surface area contributed by atoms with Crippen LogP contribution in [0, 0.1) is 11.3 Å². The number of hydrogen-bond donors (Lipinski definition) is 1. The van der Waals surface area contributed by atoms with Gasteiger partial charge in [0, 0.05) is 5.69 Å². The predicted molar refractivity (Wildman–Crippen MR) is 69.3 cm³/mol. The van der Waals surface area contributed by atoms with Gasteiger partial charge in [0.1, 0.15) is 16.6 Å². The lowest BCUT2D eigenvalue weighted by atomic mass is 10.3. The number of oxazole rings is 1. The molecule has 0 bridgehead atoms. The summed E-state index contributed by atoms with van der Waals surface area (Å²) in [5.74, 6) is 0. The molecule has 2 aromatic heterocycles. The van der Waals surface area contributed by atoms with Crippen molar-refractivity contribution in [2.24, 2.45) is 0 Å². The first-order valence-corrected chi connectivity index (χ1v) is 6.13. The van der Waals surface area contributed by atoms with E-state index in [-0.39, 0.29) is 0 Å². The Balaban J connectivity index is 1.99. The average Bonchev–Trinajstić information content (AvgIpc) is 2.80. The maximum absolute atomic E-state index is 8.97. The summed E-state index contributed by atoms with van der Waals surface area (Å²) in [7, 11) is 0. The molecule has 7 heteroatoms. The second-order valence-corrected chi connectivity index (χ2v) is 4.61. The highest BCUT2D eigenvalue weighted by Crippen LogP contribution is 2.30. The summed E-state index contributed by atoms with van der Waals surface area (Å²) in [5, 5.41) is 17.5. The van der Waals surface area contributed by atoms with E-state index in [9.17, 15) is 0 Å². The summed E-state index contributed by atoms with van der Waals surface area (Å²) in [5.41, 5.74) is 8.04. The van der Waals surface area contributed by atoms with Gasteiger partial charge in [0.2, 0.25) is 0 Å². The summed E-state index contributed by atoms with van der Waals surface area (Å²) in [6, 6.07) is 8.86. The number of nitrogens with zero attached hydrogens (tertiary/aromatic N) is 4. The molecule has 0 saturated heterocycles. The molecular weight excluding hydrogens is 262 g/mol. The third kappa shape index (κ3) is 2.21. The second kappa shape index (κ2) is 4.59. The van der Waals surface area contributed by atoms with Crippen molar-refractivity contribution in [2.75, 3.05) is 5.73 Å². The molecular formula is C12H7N5OS. The summed E-state index contributed by atoms with van der Waals surface area (Å²) < 4.78 is 5.55. The van der Waals surface area contributed by atoms with Crippen LogP contribution >= 0.6 is 11.8 Å². The lowest BCUT2D eigenvalue weighted by Gasteiger charge is -1.95. The molecule has 0 radical (unpaired) electrons. The molecule has 1 aromatic carbocycles. The van der Waals surface area contributed by atoms with Gasteiger partial charge in [-0.3, -0.25) is 0 Å². The van der Waals surface area contributed by atoms with Gasteiger partial charge in [-0.25, -0.2) is 4.98 Å². The Bertz CT molecular complexity index is 792. The van der Waals surface area contributed by atoms with Crippen molar-refractivity contribution in [1.29, 1.82) is 5.26 Å². The van der Waals surface area contributed by atoms with E-state index in [0.29, 0.717) is 32.6 Å². The van der Waals surface area contributed by atoms with Crippen LogP contribution in [0.4, 0.5) is 5.69 Å². The van der Waals surface area contributed by atoms with Gasteiger partial charge in [-0.15, -0.1) is 5.10 Å². The first-order valence-electron chi connectivity index (χ1n) is 5.32. The zero-order valence-corrected chi connectivity index (χ0v) is 10.4. The van der Waals surface area contributed by atoms with Gasteiger partial charge in [0.15, 0.2) is 5.58 Å². The molecule has 0 atom stereocenters. The van der Waals surface area contributed by atoms with E-state index >= 15 is 0 Å². The van der Waals surface area contributed by atoms with Gasteiger partial charge < -0.3 is 10.2 Å². The number of rotatable bonds is 2. The van der Waals surface area contributed by atoms with Crippen molar-refractivity contribution < 1.29 is 4.42 Å². The molecule has 3 rings (SSSR count). The van der Waals surface area contributed by atoms with Crippen LogP contribution in [-0.2, 0) is 0 Å². The van der Waals surface area contributed by atoms with Gasteiger partial charge in [0.25, 0.3) is 5.22 Å². The zero-order chi connectivity index (χ0) is 13.2. The van der Waals surface area contributed by atoms with Crippen molar-refractivity contribution in [2.45, 2.75) is 10.2 Å². The lowest BCUT2D eigenvalue weighted by Crippen LogP contribution is -1.88. The van der Waals surface area contributed by atoms with Gasteiger partial charge in [-0.1, -0.05) is 0 Å². The largest absolute Gasteiger partial charge is 0.431 e. The van der Waals surface area contributed by atoms with Crippen molar-refractivity contribution in [1.82, 2.24) is 15.2 Å². The molecule has 2 heterocycles. The smallest absolute Gasteiger partial charge is 0.263 e. The van der Waals surface area contributed by atoms with E-state index in [1.54, 1.807) is 24.3 Å². The van der Waals surface area contributed by atoms with Crippen LogP contribution in [0.25, 0.3) is 11.1 Å². The molecule has 6 nitrogen and oxygen atoms in total. The number of nitrogens with two attached hydrogens (primary N) is 1. The van der Waals surface area contributed by atoms with Crippen LogP contribution in [0.5, 0.6) is 0 Å². The minimum Gasteiger partial charge on any atom is -0.431 e. The first-order chi connectivity index (χ1) is 9.26. The van der Waals surface area contributed by atoms with E-state index in [1.165, 1.54) is 6.20 Å². The van der Waals surface area contributed by atoms with Crippen LogP contribution in [0.1, 0.15) is 5.56 Å². The molecule has 0 saturated carbocycles. The predicted octanol–water partition coefficient (Wildman–Crippen LogP) is 2.22. The number of nitrogen functional groups attached to an aromatic ring is 1. The van der Waals surface area contributed by atoms with E-state index in [1.807, 2.05) is 6.07 Å². The fourth-order valence-corrected chi connectivity index (χ4v) is 2.28. The third-order valence-electron chi connectivity index (χ3n) is 2.38. The number of fused-ring (bicyclic) bond motifs is 1. The number of anilines is 1. The van der Waals surface area contributed by atoms with Crippen LogP contribution in [-0.4, -0.2) is 15.2 Å². The quantitative estimate of drug-likeness (QED) is 0.711. The van der Waals surface area contributed by atoms with E-state index in [2.05, 4.69) is 15.2 Å². The Morgan fingerprint density at radius 2 is 2.21 bits per heavy atom. The highest BCUT2D eigenvalue weighted by atomic mass is 32.2. The summed E-state index contributed by atoms with van der Waals surface area (Å²) in [6.07, 6.45) is 1.47. The molecule has 0 aliphatic carbocycles. The molecule has 0 aliphatic heterocycles. The summed E-state index contributed by atoms with van der Waals surface area (Å²) in [6.45, 7) is 0. The van der Waals surface area contributed by atoms with Gasteiger partial charge >= 0.3 is 0 Å². The Morgan fingerprint density at radius 3 is 3.05 bits per heavy atom. The summed E-state index contributed by atoms with van der Waals surface area (Å²) >= 11 is 1.16. The van der Waals surface area contributed by atoms with Gasteiger partial charge in [-0.2, -0.15) is 10.4 Å². The molecule has 2 N–H and O–H groups in total. The summed E-state index contributed by atoms with van der Waals surface area (Å²) in [4.78, 5) is 4.28. The Hall–Kier alpha value is -2.59. The normalized spacial score (nSPS) is 10.5. The van der Waals surface area contributed by atoms with Crippen LogP contribution < -0.4 is 5.73 Å². The van der Waals surface area contributed by atoms with Crippen molar-refractivity contribution in [3.05, 3.63) is 36.0 Å². The van der Waals surface area contributed by atoms with E-state index < -0.39 is 0 Å². The van der Waals surface area contributed by atoms with Gasteiger partial charge in [-0.05, 0) is 36.0 Å². The van der Waals surface area contributed by atoms with Crippen LogP contribution in [0.2, 0.25) is 0 Å². The number of hydrogen-bond acceptors (Lipinski definition) is 7. The van der Waals surface area contributed by atoms with E-state index in [4.69, 9.17) is 15.4 Å². The number of benzene rings is 1. The fourth-order valence-electron chi connectivity index (χ4n) is 1.53. The monoisotopic (exact) mass is 269 g/mol. The van der Waals surface area contributed by atoms with Crippen molar-refractivity contribution >= 4 is 28.5 Å². The molecule has 0 fully saturated rings. The van der Waals surface area contributed by atoms with Crippen molar-refractivity contribution in [3.63, 3.8) is 0 Å². The molecule has 0 amide bonds. The number of nitriles is 1. The van der Waals surface area contributed by atoms with Crippen LogP contribution in [0.3, 0.4) is 0 Å². The highest BCUT2D eigenvalue weighted by molar-refractivity contribution is 7.99. The minimum atomic E-state index is 0.401. The van der Waals surface area contributed by atoms with Crippen molar-refractivity contribution in [3.8, 4) is 6.07 Å². The second-order valence-electron chi connectivity index (χ2n) is 3.67. The molecule has 92 valence electrons. The first kappa shape index (κ1) is 11.5. The molecule has 0 unspecified atom stereocenters. The molecule has 0 aliphatic rings. The lowest BCUT2D eigenvalue weighted by molar-refractivity contribution is 0.489. The highest BCUT2D eigenvalue weighted by Gasteiger charge is 2.12.